The summed E-state index contributed by atoms with van der Waals surface area (Å²) in [6, 6.07) is 0. The van der Waals surface area contributed by atoms with Gasteiger partial charge >= 0.3 is 5.97 Å². The second-order valence-electron chi connectivity index (χ2n) is 6.18. The van der Waals surface area contributed by atoms with Gasteiger partial charge in [-0.2, -0.15) is 0 Å². The van der Waals surface area contributed by atoms with Crippen LogP contribution in [0.1, 0.15) is 53.4 Å². The molecule has 4 heteroatoms. The van der Waals surface area contributed by atoms with Crippen molar-refractivity contribution in [3.8, 4) is 0 Å². The summed E-state index contributed by atoms with van der Waals surface area (Å²) < 4.78 is 10.7. The number of methoxy groups -OCH3 is 1. The molecule has 22 heavy (non-hydrogen) atoms. The fraction of sp³-hybridized carbons (Fsp3) is 0.778. The van der Waals surface area contributed by atoms with Crippen LogP contribution in [-0.4, -0.2) is 38.0 Å². The zero-order valence-electron chi connectivity index (χ0n) is 14.7. The predicted molar refractivity (Wildman–Crippen MR) is 90.3 cm³/mol. The number of hydrogen-bond donors (Lipinski definition) is 0. The SMILES string of the molecule is CCCC(CCC1=NCC(C(C(=O)OC)C(C)C)=C1)OCC. The molecule has 0 radical (unpaired) electrons. The third-order valence-electron chi connectivity index (χ3n) is 4.07. The Morgan fingerprint density at radius 3 is 2.59 bits per heavy atom. The Balaban J connectivity index is 2.60. The number of carbonyl (C=O) groups excluding carboxylic acids is 1. The molecule has 0 aromatic rings. The van der Waals surface area contributed by atoms with E-state index in [-0.39, 0.29) is 17.8 Å². The van der Waals surface area contributed by atoms with Crippen molar-refractivity contribution in [3.63, 3.8) is 0 Å². The molecular weight excluding hydrogens is 278 g/mol. The summed E-state index contributed by atoms with van der Waals surface area (Å²) in [5.74, 6) is -0.107. The lowest BCUT2D eigenvalue weighted by Crippen LogP contribution is -2.24. The maximum atomic E-state index is 11.9. The second-order valence-corrected chi connectivity index (χ2v) is 6.18. The first kappa shape index (κ1) is 18.9. The second kappa shape index (κ2) is 9.78. The zero-order chi connectivity index (χ0) is 16.5. The molecule has 0 saturated heterocycles. The minimum Gasteiger partial charge on any atom is -0.469 e. The molecule has 0 saturated carbocycles. The summed E-state index contributed by atoms with van der Waals surface area (Å²) in [6.07, 6.45) is 6.55. The summed E-state index contributed by atoms with van der Waals surface area (Å²) in [7, 11) is 1.45. The van der Waals surface area contributed by atoms with Gasteiger partial charge in [0, 0.05) is 12.3 Å². The minimum atomic E-state index is -0.176. The van der Waals surface area contributed by atoms with E-state index in [2.05, 4.69) is 18.0 Å². The molecular formula is C18H31NO3. The summed E-state index contributed by atoms with van der Waals surface area (Å²) >= 11 is 0. The number of nitrogens with zero attached hydrogens (tertiary/aromatic N) is 1. The number of ether oxygens (including phenoxy) is 2. The highest BCUT2D eigenvalue weighted by Crippen LogP contribution is 2.26. The summed E-state index contributed by atoms with van der Waals surface area (Å²) in [4.78, 5) is 16.5. The average molecular weight is 309 g/mol. The molecule has 0 amide bonds. The number of allylic oxidation sites excluding steroid dienone is 1. The quantitative estimate of drug-likeness (QED) is 0.577. The van der Waals surface area contributed by atoms with Gasteiger partial charge in [0.25, 0.3) is 0 Å². The number of esters is 1. The van der Waals surface area contributed by atoms with Crippen LogP contribution in [0.2, 0.25) is 0 Å². The molecule has 0 N–H and O–H groups in total. The molecule has 0 aromatic carbocycles. The molecule has 0 fully saturated rings. The molecule has 0 spiro atoms. The molecule has 1 rings (SSSR count). The largest absolute Gasteiger partial charge is 0.469 e. The first-order valence-corrected chi connectivity index (χ1v) is 8.46. The van der Waals surface area contributed by atoms with Gasteiger partial charge in [-0.05, 0) is 43.8 Å². The van der Waals surface area contributed by atoms with Crippen molar-refractivity contribution >= 4 is 11.7 Å². The van der Waals surface area contributed by atoms with Crippen molar-refractivity contribution in [3.05, 3.63) is 11.6 Å². The van der Waals surface area contributed by atoms with Gasteiger partial charge in [0.05, 0.1) is 25.7 Å². The molecule has 4 nitrogen and oxygen atoms in total. The van der Waals surface area contributed by atoms with Crippen molar-refractivity contribution in [1.29, 1.82) is 0 Å². The first-order chi connectivity index (χ1) is 10.5. The van der Waals surface area contributed by atoms with Crippen LogP contribution in [0.15, 0.2) is 16.6 Å². The Morgan fingerprint density at radius 2 is 2.05 bits per heavy atom. The van der Waals surface area contributed by atoms with E-state index in [1.165, 1.54) is 7.11 Å². The summed E-state index contributed by atoms with van der Waals surface area (Å²) in [6.45, 7) is 9.70. The van der Waals surface area contributed by atoms with E-state index >= 15 is 0 Å². The maximum Gasteiger partial charge on any atom is 0.313 e. The molecule has 2 atom stereocenters. The molecule has 1 heterocycles. The Bertz CT molecular complexity index is 407. The summed E-state index contributed by atoms with van der Waals surface area (Å²) in [5.41, 5.74) is 2.17. The van der Waals surface area contributed by atoms with Crippen LogP contribution in [0.5, 0.6) is 0 Å². The van der Waals surface area contributed by atoms with E-state index in [1.54, 1.807) is 0 Å². The van der Waals surface area contributed by atoms with Crippen LogP contribution in [0, 0.1) is 11.8 Å². The monoisotopic (exact) mass is 309 g/mol. The topological polar surface area (TPSA) is 47.9 Å². The van der Waals surface area contributed by atoms with Gasteiger partial charge in [0.15, 0.2) is 0 Å². The van der Waals surface area contributed by atoms with Gasteiger partial charge in [-0.25, -0.2) is 0 Å². The van der Waals surface area contributed by atoms with E-state index in [4.69, 9.17) is 9.47 Å². The molecule has 1 aliphatic rings. The lowest BCUT2D eigenvalue weighted by Gasteiger charge is -2.19. The Kier molecular flexibility index (Phi) is 8.39. The Hall–Kier alpha value is -1.16. The number of carbonyl (C=O) groups is 1. The predicted octanol–water partition coefficient (Wildman–Crippen LogP) is 3.80. The fourth-order valence-electron chi connectivity index (χ4n) is 2.99. The van der Waals surface area contributed by atoms with Gasteiger partial charge in [0.2, 0.25) is 0 Å². The van der Waals surface area contributed by atoms with Crippen LogP contribution in [0.4, 0.5) is 0 Å². The lowest BCUT2D eigenvalue weighted by atomic mass is 9.88. The lowest BCUT2D eigenvalue weighted by molar-refractivity contribution is -0.145. The number of hydrogen-bond acceptors (Lipinski definition) is 4. The molecule has 0 bridgehead atoms. The molecule has 0 aromatic heterocycles. The van der Waals surface area contributed by atoms with Crippen molar-refractivity contribution in [2.75, 3.05) is 20.3 Å². The normalized spacial score (nSPS) is 17.2. The minimum absolute atomic E-state index is 0.157. The van der Waals surface area contributed by atoms with E-state index in [0.717, 1.165) is 43.6 Å². The van der Waals surface area contributed by atoms with E-state index in [0.29, 0.717) is 12.6 Å². The van der Waals surface area contributed by atoms with Crippen molar-refractivity contribution in [1.82, 2.24) is 0 Å². The number of rotatable bonds is 10. The van der Waals surface area contributed by atoms with Gasteiger partial charge in [-0.15, -0.1) is 0 Å². The van der Waals surface area contributed by atoms with Crippen molar-refractivity contribution in [2.45, 2.75) is 59.5 Å². The summed E-state index contributed by atoms with van der Waals surface area (Å²) in [5, 5.41) is 0. The smallest absolute Gasteiger partial charge is 0.313 e. The fourth-order valence-corrected chi connectivity index (χ4v) is 2.99. The maximum absolute atomic E-state index is 11.9. The van der Waals surface area contributed by atoms with Crippen LogP contribution in [0.25, 0.3) is 0 Å². The number of aliphatic imine (C=N–C) groups is 1. The highest BCUT2D eigenvalue weighted by molar-refractivity contribution is 5.98. The highest BCUT2D eigenvalue weighted by atomic mass is 16.5. The Morgan fingerprint density at radius 1 is 1.32 bits per heavy atom. The Labute approximate surface area is 135 Å². The van der Waals surface area contributed by atoms with E-state index < -0.39 is 0 Å². The third kappa shape index (κ3) is 5.56. The molecule has 126 valence electrons. The van der Waals surface area contributed by atoms with Gasteiger partial charge < -0.3 is 9.47 Å². The van der Waals surface area contributed by atoms with Crippen LogP contribution >= 0.6 is 0 Å². The molecule has 1 aliphatic heterocycles. The average Bonchev–Trinajstić information content (AvgIpc) is 2.93. The zero-order valence-corrected chi connectivity index (χ0v) is 14.7. The van der Waals surface area contributed by atoms with E-state index in [9.17, 15) is 4.79 Å². The molecule has 2 unspecified atom stereocenters. The van der Waals surface area contributed by atoms with Crippen LogP contribution < -0.4 is 0 Å². The third-order valence-corrected chi connectivity index (χ3v) is 4.07. The first-order valence-electron chi connectivity index (χ1n) is 8.46. The van der Waals surface area contributed by atoms with Gasteiger partial charge in [-0.1, -0.05) is 27.2 Å². The molecule has 0 aliphatic carbocycles. The van der Waals surface area contributed by atoms with Crippen LogP contribution in [0.3, 0.4) is 0 Å². The van der Waals surface area contributed by atoms with Gasteiger partial charge in [0.1, 0.15) is 0 Å². The van der Waals surface area contributed by atoms with Crippen molar-refractivity contribution in [2.24, 2.45) is 16.8 Å². The van der Waals surface area contributed by atoms with Crippen LogP contribution in [-0.2, 0) is 14.3 Å². The van der Waals surface area contributed by atoms with E-state index in [1.807, 2.05) is 20.8 Å². The van der Waals surface area contributed by atoms with Crippen molar-refractivity contribution < 1.29 is 14.3 Å². The standard InChI is InChI=1S/C18H31NO3/c1-6-8-16(22-7-2)10-9-15-11-14(12-19-15)17(13(3)4)18(20)21-5/h11,13,16-17H,6-10,12H2,1-5H3. The van der Waals surface area contributed by atoms with Gasteiger partial charge in [-0.3, -0.25) is 9.79 Å². The highest BCUT2D eigenvalue weighted by Gasteiger charge is 2.29.